The van der Waals surface area contributed by atoms with Gasteiger partial charge in [-0.05, 0) is 13.8 Å². The Balaban J connectivity index is 1.89. The lowest BCUT2D eigenvalue weighted by Gasteiger charge is -2.44. The number of carbonyl (C=O) groups excluding carboxylic acids is 3. The van der Waals surface area contributed by atoms with E-state index in [1.807, 2.05) is 0 Å². The van der Waals surface area contributed by atoms with E-state index in [0.717, 1.165) is 11.3 Å². The normalized spacial score (nSPS) is 18.6. The van der Waals surface area contributed by atoms with Gasteiger partial charge in [-0.25, -0.2) is 9.29 Å². The van der Waals surface area contributed by atoms with Crippen molar-refractivity contribution in [3.8, 4) is 0 Å². The SMILES string of the molecule is CO/N=C(\C(=O)N[C@@H]1C(=O)N(S(=O)(=O)O)[C@H]1c1c(C)noc1C)c1csc(NC(=O)CCl)n1. The fourth-order valence-corrected chi connectivity index (χ4v) is 4.79. The minimum Gasteiger partial charge on any atom is -0.398 e. The van der Waals surface area contributed by atoms with Crippen LogP contribution in [0.3, 0.4) is 0 Å². The second kappa shape index (κ2) is 9.42. The first-order valence-electron chi connectivity index (χ1n) is 8.96. The first-order chi connectivity index (χ1) is 15.5. The molecular formula is C16H17ClN6O8S2. The van der Waals surface area contributed by atoms with Crippen molar-refractivity contribution in [1.82, 2.24) is 19.8 Å². The maximum Gasteiger partial charge on any atom is 0.362 e. The summed E-state index contributed by atoms with van der Waals surface area (Å²) in [5.74, 6) is -2.63. The highest BCUT2D eigenvalue weighted by Crippen LogP contribution is 2.40. The molecule has 33 heavy (non-hydrogen) atoms. The fraction of sp³-hybridized carbons (Fsp3) is 0.375. The van der Waals surface area contributed by atoms with Crippen LogP contribution in [-0.4, -0.2) is 69.9 Å². The summed E-state index contributed by atoms with van der Waals surface area (Å²) in [7, 11) is -3.76. The van der Waals surface area contributed by atoms with E-state index in [9.17, 15) is 27.4 Å². The molecule has 14 nitrogen and oxygen atoms in total. The molecule has 3 N–H and O–H groups in total. The Bertz CT molecular complexity index is 1220. The summed E-state index contributed by atoms with van der Waals surface area (Å²) in [6.07, 6.45) is 0. The molecule has 3 amide bonds. The third kappa shape index (κ3) is 4.82. The molecule has 1 aliphatic heterocycles. The second-order valence-corrected chi connectivity index (χ2v) is 9.00. The van der Waals surface area contributed by atoms with Gasteiger partial charge in [-0.15, -0.1) is 22.9 Å². The van der Waals surface area contributed by atoms with Crippen LogP contribution in [0.1, 0.15) is 28.8 Å². The van der Waals surface area contributed by atoms with Crippen molar-refractivity contribution in [2.24, 2.45) is 5.16 Å². The topological polar surface area (TPSA) is 193 Å². The summed E-state index contributed by atoms with van der Waals surface area (Å²) in [4.78, 5) is 45.6. The second-order valence-electron chi connectivity index (χ2n) is 6.59. The standard InChI is InChI=1S/C16H17ClN6O8S2/c1-6-10(7(2)31-21-6)13-12(15(26)23(13)33(27,28)29)20-14(25)11(22-30-3)8-5-32-16(18-8)19-9(24)4-17/h5,12-13H,4H2,1-3H3,(H,20,25)(H,18,19,24)(H,27,28,29)/b22-11-/t12-,13-/m0/s1. The summed E-state index contributed by atoms with van der Waals surface area (Å²) in [6.45, 7) is 3.00. The molecular weight excluding hydrogens is 504 g/mol. The molecule has 0 aliphatic carbocycles. The first kappa shape index (κ1) is 24.6. The van der Waals surface area contributed by atoms with Gasteiger partial charge in [0.15, 0.2) is 10.8 Å². The molecule has 17 heteroatoms. The number of carbonyl (C=O) groups is 3. The number of amides is 3. The molecule has 1 aliphatic rings. The van der Waals surface area contributed by atoms with Crippen LogP contribution in [0, 0.1) is 13.8 Å². The molecule has 2 aromatic rings. The molecule has 0 bridgehead atoms. The van der Waals surface area contributed by atoms with Crippen LogP contribution < -0.4 is 10.6 Å². The number of aryl methyl sites for hydroxylation is 2. The van der Waals surface area contributed by atoms with Crippen LogP contribution in [0.4, 0.5) is 5.13 Å². The van der Waals surface area contributed by atoms with Gasteiger partial charge in [-0.2, -0.15) is 8.42 Å². The lowest BCUT2D eigenvalue weighted by Crippen LogP contribution is -2.67. The third-order valence-corrected chi connectivity index (χ3v) is 6.39. The summed E-state index contributed by atoms with van der Waals surface area (Å²) in [5.41, 5.74) is 0.137. The minimum atomic E-state index is -4.94. The van der Waals surface area contributed by atoms with Gasteiger partial charge in [-0.3, -0.25) is 18.9 Å². The minimum absolute atomic E-state index is 0.0107. The predicted molar refractivity (Wildman–Crippen MR) is 114 cm³/mol. The number of oxime groups is 1. The zero-order valence-electron chi connectivity index (χ0n) is 17.2. The summed E-state index contributed by atoms with van der Waals surface area (Å²) in [6, 6.07) is -2.70. The number of anilines is 1. The zero-order chi connectivity index (χ0) is 24.5. The molecule has 0 aromatic carbocycles. The summed E-state index contributed by atoms with van der Waals surface area (Å²) in [5, 5.41) is 13.7. The van der Waals surface area contributed by atoms with Crippen LogP contribution in [0.2, 0.25) is 0 Å². The molecule has 178 valence electrons. The largest absolute Gasteiger partial charge is 0.398 e. The van der Waals surface area contributed by atoms with Crippen LogP contribution in [0.5, 0.6) is 0 Å². The molecule has 3 heterocycles. The number of halogens is 1. The zero-order valence-corrected chi connectivity index (χ0v) is 19.6. The van der Waals surface area contributed by atoms with Crippen molar-refractivity contribution >= 4 is 61.8 Å². The number of aromatic nitrogens is 2. The van der Waals surface area contributed by atoms with Gasteiger partial charge in [0.25, 0.3) is 11.8 Å². The third-order valence-electron chi connectivity index (χ3n) is 4.48. The maximum atomic E-state index is 12.9. The Morgan fingerprint density at radius 1 is 1.42 bits per heavy atom. The van der Waals surface area contributed by atoms with Crippen molar-refractivity contribution in [2.75, 3.05) is 18.3 Å². The number of hydrogen-bond donors (Lipinski definition) is 3. The Morgan fingerprint density at radius 3 is 2.67 bits per heavy atom. The van der Waals surface area contributed by atoms with Crippen LogP contribution in [0.15, 0.2) is 15.1 Å². The number of hydrogen-bond acceptors (Lipinski definition) is 11. The van der Waals surface area contributed by atoms with Gasteiger partial charge in [0, 0.05) is 10.9 Å². The van der Waals surface area contributed by atoms with E-state index >= 15 is 0 Å². The van der Waals surface area contributed by atoms with E-state index in [1.54, 1.807) is 0 Å². The molecule has 0 unspecified atom stereocenters. The van der Waals surface area contributed by atoms with Crippen LogP contribution in [-0.2, 0) is 29.5 Å². The van der Waals surface area contributed by atoms with E-state index in [-0.39, 0.29) is 43.7 Å². The molecule has 1 fully saturated rings. The number of nitrogens with one attached hydrogen (secondary N) is 2. The van der Waals surface area contributed by atoms with Gasteiger partial charge < -0.3 is 20.0 Å². The van der Waals surface area contributed by atoms with Crippen LogP contribution in [0.25, 0.3) is 0 Å². The molecule has 0 saturated carbocycles. The number of nitrogens with zero attached hydrogens (tertiary/aromatic N) is 4. The highest BCUT2D eigenvalue weighted by atomic mass is 35.5. The number of β-lactam (4-membered cyclic amide) rings is 1. The van der Waals surface area contributed by atoms with Crippen molar-refractivity contribution in [3.05, 3.63) is 28.1 Å². The lowest BCUT2D eigenvalue weighted by atomic mass is 9.90. The van der Waals surface area contributed by atoms with Crippen molar-refractivity contribution in [1.29, 1.82) is 0 Å². The summed E-state index contributed by atoms with van der Waals surface area (Å²) < 4.78 is 38.3. The molecule has 2 aromatic heterocycles. The Hall–Kier alpha value is -3.08. The van der Waals surface area contributed by atoms with Gasteiger partial charge in [0.2, 0.25) is 5.91 Å². The number of rotatable bonds is 8. The maximum absolute atomic E-state index is 12.9. The van der Waals surface area contributed by atoms with E-state index in [1.165, 1.54) is 26.3 Å². The summed E-state index contributed by atoms with van der Waals surface area (Å²) >= 11 is 6.42. The molecule has 3 rings (SSSR count). The fourth-order valence-electron chi connectivity index (χ4n) is 3.15. The lowest BCUT2D eigenvalue weighted by molar-refractivity contribution is -0.145. The average Bonchev–Trinajstić information content (AvgIpc) is 3.33. The molecule has 0 radical (unpaired) electrons. The Morgan fingerprint density at radius 2 is 2.12 bits per heavy atom. The van der Waals surface area contributed by atoms with Gasteiger partial charge in [-0.1, -0.05) is 10.3 Å². The Kier molecular flexibility index (Phi) is 7.01. The first-order valence-corrected chi connectivity index (χ1v) is 11.8. The van der Waals surface area contributed by atoms with Crippen LogP contribution >= 0.6 is 22.9 Å². The highest BCUT2D eigenvalue weighted by molar-refractivity contribution is 7.84. The number of thiazole rings is 1. The number of alkyl halides is 1. The molecule has 1 saturated heterocycles. The molecule has 2 atom stereocenters. The highest BCUT2D eigenvalue weighted by Gasteiger charge is 2.56. The van der Waals surface area contributed by atoms with Crippen molar-refractivity contribution in [2.45, 2.75) is 25.9 Å². The predicted octanol–water partition coefficient (Wildman–Crippen LogP) is 0.147. The average molecular weight is 521 g/mol. The van der Waals surface area contributed by atoms with Gasteiger partial charge in [0.05, 0.1) is 5.69 Å². The Labute approximate surface area is 195 Å². The van der Waals surface area contributed by atoms with Gasteiger partial charge in [0.1, 0.15) is 36.5 Å². The van der Waals surface area contributed by atoms with Gasteiger partial charge >= 0.3 is 10.3 Å². The van der Waals surface area contributed by atoms with Crippen molar-refractivity contribution < 1.29 is 36.7 Å². The van der Waals surface area contributed by atoms with E-state index in [2.05, 4.69) is 25.9 Å². The quantitative estimate of drug-likeness (QED) is 0.142. The monoisotopic (exact) mass is 520 g/mol. The van der Waals surface area contributed by atoms with E-state index in [4.69, 9.17) is 21.0 Å². The molecule has 0 spiro atoms. The van der Waals surface area contributed by atoms with Crippen molar-refractivity contribution in [3.63, 3.8) is 0 Å². The van der Waals surface area contributed by atoms with E-state index < -0.39 is 40.1 Å². The van der Waals surface area contributed by atoms with E-state index in [0.29, 0.717) is 0 Å². The smallest absolute Gasteiger partial charge is 0.362 e.